The van der Waals surface area contributed by atoms with E-state index in [4.69, 9.17) is 9.84 Å². The van der Waals surface area contributed by atoms with E-state index in [1.165, 1.54) is 0 Å². The zero-order valence-electron chi connectivity index (χ0n) is 8.71. The van der Waals surface area contributed by atoms with E-state index in [0.29, 0.717) is 6.42 Å². The van der Waals surface area contributed by atoms with Crippen LogP contribution in [-0.2, 0) is 9.53 Å². The maximum Gasteiger partial charge on any atom is 0.303 e. The Morgan fingerprint density at radius 2 is 2.43 bits per heavy atom. The third-order valence-corrected chi connectivity index (χ3v) is 2.54. The zero-order valence-corrected chi connectivity index (χ0v) is 8.71. The van der Waals surface area contributed by atoms with Gasteiger partial charge < -0.3 is 15.2 Å². The van der Waals surface area contributed by atoms with Crippen LogP contribution >= 0.6 is 0 Å². The molecule has 0 amide bonds. The largest absolute Gasteiger partial charge is 0.481 e. The number of hydrogen-bond donors (Lipinski definition) is 2. The Balaban J connectivity index is 2.00. The molecule has 4 nitrogen and oxygen atoms in total. The van der Waals surface area contributed by atoms with Crippen molar-refractivity contribution in [1.29, 1.82) is 0 Å². The molecule has 0 spiro atoms. The van der Waals surface area contributed by atoms with Crippen molar-refractivity contribution >= 4 is 5.97 Å². The summed E-state index contributed by atoms with van der Waals surface area (Å²) in [6, 6.07) is 0. The van der Waals surface area contributed by atoms with Crippen LogP contribution in [0, 0.1) is 0 Å². The van der Waals surface area contributed by atoms with Gasteiger partial charge in [-0.1, -0.05) is 0 Å². The lowest BCUT2D eigenvalue weighted by atomic mass is 10.0. The molecule has 1 atom stereocenters. The third kappa shape index (κ3) is 4.07. The third-order valence-electron chi connectivity index (χ3n) is 2.54. The van der Waals surface area contributed by atoms with E-state index in [1.807, 2.05) is 0 Å². The van der Waals surface area contributed by atoms with Crippen LogP contribution in [0.5, 0.6) is 0 Å². The number of carbonyl (C=O) groups is 1. The van der Waals surface area contributed by atoms with Gasteiger partial charge in [0.25, 0.3) is 0 Å². The molecular formula is C10H19NO3. The van der Waals surface area contributed by atoms with Crippen LogP contribution in [0.2, 0.25) is 0 Å². The van der Waals surface area contributed by atoms with Crippen molar-refractivity contribution in [3.05, 3.63) is 0 Å². The summed E-state index contributed by atoms with van der Waals surface area (Å²) in [7, 11) is 0. The molecule has 0 radical (unpaired) electrons. The number of carboxylic acids is 1. The van der Waals surface area contributed by atoms with Crippen molar-refractivity contribution in [1.82, 2.24) is 5.32 Å². The number of carboxylic acid groups (broad SMARTS) is 1. The average molecular weight is 201 g/mol. The lowest BCUT2D eigenvalue weighted by Crippen LogP contribution is -2.37. The Hall–Kier alpha value is -0.610. The smallest absolute Gasteiger partial charge is 0.303 e. The van der Waals surface area contributed by atoms with Gasteiger partial charge in [0.05, 0.1) is 5.60 Å². The van der Waals surface area contributed by atoms with Crippen LogP contribution < -0.4 is 5.32 Å². The van der Waals surface area contributed by atoms with Crippen molar-refractivity contribution in [3.63, 3.8) is 0 Å². The second-order valence-electron chi connectivity index (χ2n) is 4.08. The van der Waals surface area contributed by atoms with Gasteiger partial charge in [0, 0.05) is 19.6 Å². The normalized spacial score (nSPS) is 26.6. The molecule has 0 saturated carbocycles. The molecular weight excluding hydrogens is 182 g/mol. The number of hydrogen-bond acceptors (Lipinski definition) is 3. The van der Waals surface area contributed by atoms with Gasteiger partial charge >= 0.3 is 5.97 Å². The van der Waals surface area contributed by atoms with Gasteiger partial charge in [-0.05, 0) is 32.7 Å². The molecule has 1 rings (SSSR count). The van der Waals surface area contributed by atoms with Crippen LogP contribution in [0.15, 0.2) is 0 Å². The van der Waals surface area contributed by atoms with Crippen LogP contribution in [0.4, 0.5) is 0 Å². The van der Waals surface area contributed by atoms with Crippen molar-refractivity contribution in [3.8, 4) is 0 Å². The maximum absolute atomic E-state index is 10.2. The first-order valence-electron chi connectivity index (χ1n) is 5.19. The van der Waals surface area contributed by atoms with E-state index in [9.17, 15) is 4.79 Å². The van der Waals surface area contributed by atoms with E-state index >= 15 is 0 Å². The molecule has 0 aromatic heterocycles. The van der Waals surface area contributed by atoms with Crippen LogP contribution in [-0.4, -0.2) is 36.4 Å². The second kappa shape index (κ2) is 5.32. The summed E-state index contributed by atoms with van der Waals surface area (Å²) in [4.78, 5) is 10.2. The van der Waals surface area contributed by atoms with Crippen LogP contribution in [0.25, 0.3) is 0 Å². The van der Waals surface area contributed by atoms with Crippen LogP contribution in [0.1, 0.15) is 32.6 Å². The van der Waals surface area contributed by atoms with Gasteiger partial charge in [-0.15, -0.1) is 0 Å². The molecule has 1 aliphatic rings. The Kier molecular flexibility index (Phi) is 4.35. The minimum Gasteiger partial charge on any atom is -0.481 e. The molecule has 14 heavy (non-hydrogen) atoms. The zero-order chi connectivity index (χ0) is 10.4. The van der Waals surface area contributed by atoms with Crippen molar-refractivity contribution in [2.75, 3.05) is 19.7 Å². The Morgan fingerprint density at radius 3 is 3.00 bits per heavy atom. The molecule has 2 N–H and O–H groups in total. The highest BCUT2D eigenvalue weighted by molar-refractivity contribution is 5.66. The van der Waals surface area contributed by atoms with Gasteiger partial charge in [-0.3, -0.25) is 4.79 Å². The van der Waals surface area contributed by atoms with E-state index in [-0.39, 0.29) is 12.0 Å². The topological polar surface area (TPSA) is 58.6 Å². The fourth-order valence-electron chi connectivity index (χ4n) is 1.69. The first-order valence-corrected chi connectivity index (χ1v) is 5.19. The quantitative estimate of drug-likeness (QED) is 0.630. The fraction of sp³-hybridized carbons (Fsp3) is 0.900. The minimum atomic E-state index is -0.727. The predicted molar refractivity (Wildman–Crippen MR) is 53.3 cm³/mol. The van der Waals surface area contributed by atoms with Gasteiger partial charge in [0.15, 0.2) is 0 Å². The molecule has 1 fully saturated rings. The molecule has 0 aromatic rings. The molecule has 82 valence electrons. The van der Waals surface area contributed by atoms with Gasteiger partial charge in [0.1, 0.15) is 0 Å². The summed E-state index contributed by atoms with van der Waals surface area (Å²) in [6.07, 6.45) is 3.15. The highest BCUT2D eigenvalue weighted by atomic mass is 16.5. The Bertz CT molecular complexity index is 188. The van der Waals surface area contributed by atoms with Gasteiger partial charge in [0.2, 0.25) is 0 Å². The first-order chi connectivity index (χ1) is 6.62. The van der Waals surface area contributed by atoms with E-state index < -0.39 is 5.97 Å². The summed E-state index contributed by atoms with van der Waals surface area (Å²) in [6.45, 7) is 4.54. The summed E-state index contributed by atoms with van der Waals surface area (Å²) in [5.74, 6) is -0.727. The summed E-state index contributed by atoms with van der Waals surface area (Å²) in [5.41, 5.74) is -0.0246. The van der Waals surface area contributed by atoms with Crippen LogP contribution in [0.3, 0.4) is 0 Å². The lowest BCUT2D eigenvalue weighted by molar-refractivity contribution is -0.137. The summed E-state index contributed by atoms with van der Waals surface area (Å²) in [5, 5.41) is 11.7. The average Bonchev–Trinajstić information content (AvgIpc) is 2.51. The number of rotatable bonds is 6. The molecule has 1 heterocycles. The molecule has 0 aromatic carbocycles. The monoisotopic (exact) mass is 201 g/mol. The fourth-order valence-corrected chi connectivity index (χ4v) is 1.69. The second-order valence-corrected chi connectivity index (χ2v) is 4.08. The minimum absolute atomic E-state index is 0.0246. The predicted octanol–water partition coefficient (Wildman–Crippen LogP) is 1.01. The Morgan fingerprint density at radius 1 is 1.64 bits per heavy atom. The number of ether oxygens (including phenoxy) is 1. The summed E-state index contributed by atoms with van der Waals surface area (Å²) < 4.78 is 5.59. The number of aliphatic carboxylic acids is 1. The highest BCUT2D eigenvalue weighted by Gasteiger charge is 2.28. The lowest BCUT2D eigenvalue weighted by Gasteiger charge is -2.23. The SMILES string of the molecule is CC1(CNCCCC(=O)O)CCCO1. The molecule has 1 saturated heterocycles. The van der Waals surface area contributed by atoms with E-state index in [0.717, 1.165) is 32.5 Å². The molecule has 0 aliphatic carbocycles. The summed E-state index contributed by atoms with van der Waals surface area (Å²) >= 11 is 0. The first kappa shape index (κ1) is 11.5. The van der Waals surface area contributed by atoms with Gasteiger partial charge in [-0.25, -0.2) is 0 Å². The maximum atomic E-state index is 10.2. The van der Waals surface area contributed by atoms with E-state index in [2.05, 4.69) is 12.2 Å². The molecule has 4 heteroatoms. The highest BCUT2D eigenvalue weighted by Crippen LogP contribution is 2.23. The van der Waals surface area contributed by atoms with E-state index in [1.54, 1.807) is 0 Å². The molecule has 1 unspecified atom stereocenters. The standard InChI is InChI=1S/C10H19NO3/c1-10(5-3-7-14-10)8-11-6-2-4-9(12)13/h11H,2-8H2,1H3,(H,12,13). The molecule has 0 bridgehead atoms. The van der Waals surface area contributed by atoms with Crippen molar-refractivity contribution < 1.29 is 14.6 Å². The van der Waals surface area contributed by atoms with Gasteiger partial charge in [-0.2, -0.15) is 0 Å². The Labute approximate surface area is 84.6 Å². The van der Waals surface area contributed by atoms with Crippen molar-refractivity contribution in [2.24, 2.45) is 0 Å². The molecule has 1 aliphatic heterocycles. The van der Waals surface area contributed by atoms with Crippen molar-refractivity contribution in [2.45, 2.75) is 38.2 Å². The number of nitrogens with one attached hydrogen (secondary N) is 1.